The summed E-state index contributed by atoms with van der Waals surface area (Å²) in [6.45, 7) is 0.132. The number of aromatic nitrogens is 4. The molecule has 0 radical (unpaired) electrons. The Morgan fingerprint density at radius 3 is 2.68 bits per heavy atom. The van der Waals surface area contributed by atoms with Crippen molar-refractivity contribution in [3.8, 4) is 17.5 Å². The Bertz CT molecular complexity index is 1350. The van der Waals surface area contributed by atoms with Crippen LogP contribution < -0.4 is 0 Å². The smallest absolute Gasteiger partial charge is 0.418 e. The van der Waals surface area contributed by atoms with Crippen molar-refractivity contribution in [1.82, 2.24) is 19.7 Å². The minimum atomic E-state index is -4.64. The highest BCUT2D eigenvalue weighted by molar-refractivity contribution is 9.10. The first-order chi connectivity index (χ1) is 14.8. The number of halogens is 4. The molecule has 1 saturated carbocycles. The number of pyridine rings is 1. The number of benzene rings is 1. The predicted molar refractivity (Wildman–Crippen MR) is 108 cm³/mol. The van der Waals surface area contributed by atoms with E-state index in [4.69, 9.17) is 4.42 Å². The Balaban J connectivity index is 1.61. The Labute approximate surface area is 182 Å². The fourth-order valence-electron chi connectivity index (χ4n) is 3.75. The van der Waals surface area contributed by atoms with Crippen LogP contribution in [0.1, 0.15) is 41.5 Å². The molecule has 31 heavy (non-hydrogen) atoms. The Morgan fingerprint density at radius 1 is 1.19 bits per heavy atom. The zero-order valence-electron chi connectivity index (χ0n) is 15.8. The zero-order chi connectivity index (χ0) is 21.8. The van der Waals surface area contributed by atoms with Gasteiger partial charge in [0.05, 0.1) is 22.8 Å². The quantitative estimate of drug-likeness (QED) is 0.370. The third-order valence-electron chi connectivity index (χ3n) is 5.23. The van der Waals surface area contributed by atoms with Crippen LogP contribution in [0, 0.1) is 11.3 Å². The maximum Gasteiger partial charge on any atom is 0.418 e. The molecular formula is C21H13BrF3N5O. The fraction of sp³-hybridized carbons (Fsp3) is 0.238. The van der Waals surface area contributed by atoms with E-state index >= 15 is 0 Å². The van der Waals surface area contributed by atoms with E-state index in [1.807, 2.05) is 0 Å². The largest absolute Gasteiger partial charge is 0.419 e. The molecule has 1 fully saturated rings. The first-order valence-electron chi connectivity index (χ1n) is 9.42. The second-order valence-electron chi connectivity index (χ2n) is 7.35. The van der Waals surface area contributed by atoms with Gasteiger partial charge in [-0.05, 0) is 59.0 Å². The molecule has 0 spiro atoms. The SMILES string of the molecule is N#Cc1ccc2c(cc(C3CC3)n2Cc2nnc(-c3cncc(Br)c3)o2)c1C(F)(F)F. The highest BCUT2D eigenvalue weighted by Crippen LogP contribution is 2.45. The van der Waals surface area contributed by atoms with Gasteiger partial charge in [-0.2, -0.15) is 18.4 Å². The normalized spacial score (nSPS) is 14.2. The fourth-order valence-corrected chi connectivity index (χ4v) is 4.11. The monoisotopic (exact) mass is 487 g/mol. The molecule has 0 atom stereocenters. The third kappa shape index (κ3) is 3.59. The standard InChI is InChI=1S/C21H13BrF3N5O/c22-14-5-13(8-27-9-14)20-29-28-18(31-20)10-30-16-4-3-12(7-26)19(21(23,24)25)15(16)6-17(30)11-1-2-11/h3-6,8-9,11H,1-2,10H2. The number of hydrogen-bond acceptors (Lipinski definition) is 5. The van der Waals surface area contributed by atoms with Gasteiger partial charge >= 0.3 is 6.18 Å². The van der Waals surface area contributed by atoms with Gasteiger partial charge in [0.25, 0.3) is 0 Å². The molecule has 5 rings (SSSR count). The maximum atomic E-state index is 13.8. The molecule has 10 heteroatoms. The highest BCUT2D eigenvalue weighted by atomic mass is 79.9. The van der Waals surface area contributed by atoms with Crippen molar-refractivity contribution in [3.63, 3.8) is 0 Å². The van der Waals surface area contributed by atoms with Crippen LogP contribution >= 0.6 is 15.9 Å². The van der Waals surface area contributed by atoms with Gasteiger partial charge in [0, 0.05) is 33.5 Å². The van der Waals surface area contributed by atoms with Crippen LogP contribution in [-0.4, -0.2) is 19.7 Å². The van der Waals surface area contributed by atoms with Gasteiger partial charge in [-0.25, -0.2) is 0 Å². The lowest BCUT2D eigenvalue weighted by atomic mass is 10.0. The Morgan fingerprint density at radius 2 is 2.00 bits per heavy atom. The van der Waals surface area contributed by atoms with Gasteiger partial charge in [-0.1, -0.05) is 0 Å². The summed E-state index contributed by atoms with van der Waals surface area (Å²) in [6, 6.07) is 7.75. The molecular weight excluding hydrogens is 475 g/mol. The van der Waals surface area contributed by atoms with E-state index in [0.29, 0.717) is 11.1 Å². The third-order valence-corrected chi connectivity index (χ3v) is 5.66. The van der Waals surface area contributed by atoms with Gasteiger partial charge < -0.3 is 8.98 Å². The minimum Gasteiger partial charge on any atom is -0.419 e. The summed E-state index contributed by atoms with van der Waals surface area (Å²) in [6.07, 6.45) is 0.385. The summed E-state index contributed by atoms with van der Waals surface area (Å²) < 4.78 is 49.6. The second kappa shape index (κ2) is 7.20. The summed E-state index contributed by atoms with van der Waals surface area (Å²) in [5.74, 6) is 0.721. The van der Waals surface area contributed by atoms with Gasteiger partial charge in [0.2, 0.25) is 11.8 Å². The van der Waals surface area contributed by atoms with Crippen molar-refractivity contribution in [2.75, 3.05) is 0 Å². The van der Waals surface area contributed by atoms with E-state index in [0.717, 1.165) is 23.0 Å². The molecule has 6 nitrogen and oxygen atoms in total. The van der Waals surface area contributed by atoms with Crippen LogP contribution in [-0.2, 0) is 12.7 Å². The first-order valence-corrected chi connectivity index (χ1v) is 10.2. The number of alkyl halides is 3. The van der Waals surface area contributed by atoms with Crippen LogP contribution in [0.15, 0.2) is 45.5 Å². The highest BCUT2D eigenvalue weighted by Gasteiger charge is 2.38. The molecule has 3 aromatic heterocycles. The average molecular weight is 488 g/mol. The van der Waals surface area contributed by atoms with Gasteiger partial charge in [-0.15, -0.1) is 10.2 Å². The summed E-state index contributed by atoms with van der Waals surface area (Å²) in [5.41, 5.74) is 0.504. The van der Waals surface area contributed by atoms with Crippen molar-refractivity contribution in [3.05, 3.63) is 63.8 Å². The van der Waals surface area contributed by atoms with E-state index in [9.17, 15) is 18.4 Å². The lowest BCUT2D eigenvalue weighted by Crippen LogP contribution is -2.09. The molecule has 1 aromatic carbocycles. The summed E-state index contributed by atoms with van der Waals surface area (Å²) >= 11 is 3.34. The summed E-state index contributed by atoms with van der Waals surface area (Å²) in [7, 11) is 0. The molecule has 0 amide bonds. The van der Waals surface area contributed by atoms with Crippen molar-refractivity contribution in [2.45, 2.75) is 31.5 Å². The van der Waals surface area contributed by atoms with E-state index in [-0.39, 0.29) is 35.2 Å². The molecule has 0 bridgehead atoms. The number of hydrogen-bond donors (Lipinski definition) is 0. The predicted octanol–water partition coefficient (Wildman–Crippen LogP) is 5.66. The molecule has 4 aromatic rings. The number of fused-ring (bicyclic) bond motifs is 1. The van der Waals surface area contributed by atoms with E-state index in [1.54, 1.807) is 41.2 Å². The molecule has 156 valence electrons. The van der Waals surface area contributed by atoms with Gasteiger partial charge in [0.1, 0.15) is 6.54 Å². The Hall–Kier alpha value is -3.19. The summed E-state index contributed by atoms with van der Waals surface area (Å²) in [4.78, 5) is 4.07. The molecule has 3 heterocycles. The second-order valence-corrected chi connectivity index (χ2v) is 8.27. The lowest BCUT2D eigenvalue weighted by molar-refractivity contribution is -0.136. The molecule has 0 unspecified atom stereocenters. The van der Waals surface area contributed by atoms with Crippen molar-refractivity contribution in [2.24, 2.45) is 0 Å². The van der Waals surface area contributed by atoms with Crippen LogP contribution in [0.2, 0.25) is 0 Å². The first kappa shape index (κ1) is 19.8. The topological polar surface area (TPSA) is 80.5 Å². The molecule has 0 aliphatic heterocycles. The number of nitriles is 1. The van der Waals surface area contributed by atoms with Crippen LogP contribution in [0.3, 0.4) is 0 Å². The summed E-state index contributed by atoms with van der Waals surface area (Å²) in [5, 5.41) is 17.3. The van der Waals surface area contributed by atoms with E-state index in [2.05, 4.69) is 31.1 Å². The minimum absolute atomic E-state index is 0.0179. The lowest BCUT2D eigenvalue weighted by Gasteiger charge is -2.11. The maximum absolute atomic E-state index is 13.8. The van der Waals surface area contributed by atoms with Crippen molar-refractivity contribution >= 4 is 26.8 Å². The number of nitrogens with zero attached hydrogens (tertiary/aromatic N) is 5. The average Bonchev–Trinajstić information content (AvgIpc) is 3.36. The molecule has 0 saturated heterocycles. The zero-order valence-corrected chi connectivity index (χ0v) is 17.4. The van der Waals surface area contributed by atoms with E-state index in [1.165, 1.54) is 6.07 Å². The van der Waals surface area contributed by atoms with Crippen LogP contribution in [0.25, 0.3) is 22.4 Å². The van der Waals surface area contributed by atoms with Gasteiger partial charge in [0.15, 0.2) is 0 Å². The van der Waals surface area contributed by atoms with Crippen LogP contribution in [0.4, 0.5) is 13.2 Å². The Kier molecular flexibility index (Phi) is 4.59. The van der Waals surface area contributed by atoms with E-state index < -0.39 is 11.7 Å². The molecule has 0 N–H and O–H groups in total. The van der Waals surface area contributed by atoms with Crippen molar-refractivity contribution in [1.29, 1.82) is 5.26 Å². The van der Waals surface area contributed by atoms with Crippen LogP contribution in [0.5, 0.6) is 0 Å². The van der Waals surface area contributed by atoms with Crippen molar-refractivity contribution < 1.29 is 17.6 Å². The molecule has 1 aliphatic rings. The number of rotatable bonds is 4. The van der Waals surface area contributed by atoms with Gasteiger partial charge in [-0.3, -0.25) is 4.98 Å². The molecule has 1 aliphatic carbocycles.